The first-order chi connectivity index (χ1) is 10.3. The third-order valence-corrected chi connectivity index (χ3v) is 4.41. The lowest BCUT2D eigenvalue weighted by atomic mass is 10.0. The summed E-state index contributed by atoms with van der Waals surface area (Å²) in [6, 6.07) is 10.6. The lowest BCUT2D eigenvalue weighted by Crippen LogP contribution is -2.28. The monoisotopic (exact) mass is 324 g/mol. The molecule has 0 radical (unpaired) electrons. The summed E-state index contributed by atoms with van der Waals surface area (Å²) < 4.78 is 0. The molecule has 1 aliphatic rings. The van der Waals surface area contributed by atoms with Gasteiger partial charge >= 0.3 is 0 Å². The van der Waals surface area contributed by atoms with Gasteiger partial charge in [0, 0.05) is 20.0 Å². The van der Waals surface area contributed by atoms with E-state index in [-0.39, 0.29) is 12.4 Å². The highest BCUT2D eigenvalue weighted by Gasteiger charge is 2.17. The first kappa shape index (κ1) is 19.0. The van der Waals surface area contributed by atoms with Crippen LogP contribution in [0.25, 0.3) is 0 Å². The molecule has 1 amide bonds. The van der Waals surface area contributed by atoms with Gasteiger partial charge in [-0.3, -0.25) is 4.79 Å². The van der Waals surface area contributed by atoms with Crippen LogP contribution in [0.2, 0.25) is 0 Å². The highest BCUT2D eigenvalue weighted by Crippen LogP contribution is 2.15. The van der Waals surface area contributed by atoms with Gasteiger partial charge < -0.3 is 10.2 Å². The van der Waals surface area contributed by atoms with Crippen molar-refractivity contribution >= 4 is 18.3 Å². The standard InChI is InChI=1S/C18H28N2O.ClH/c1-20(18(21)11-10-17-12-13-19-15-17)14-6-5-9-16-7-3-2-4-8-16;/h2-4,7-8,17,19H,5-6,9-15H2,1H3;1H. The van der Waals surface area contributed by atoms with Crippen LogP contribution in [0.5, 0.6) is 0 Å². The van der Waals surface area contributed by atoms with Gasteiger partial charge in [0.05, 0.1) is 0 Å². The van der Waals surface area contributed by atoms with E-state index in [1.54, 1.807) is 0 Å². The Morgan fingerprint density at radius 3 is 2.73 bits per heavy atom. The van der Waals surface area contributed by atoms with E-state index in [0.717, 1.165) is 45.3 Å². The van der Waals surface area contributed by atoms with Crippen molar-refractivity contribution in [1.82, 2.24) is 10.2 Å². The van der Waals surface area contributed by atoms with Crippen LogP contribution in [0.15, 0.2) is 30.3 Å². The minimum Gasteiger partial charge on any atom is -0.346 e. The molecule has 1 aromatic rings. The van der Waals surface area contributed by atoms with E-state index in [4.69, 9.17) is 0 Å². The van der Waals surface area contributed by atoms with Crippen LogP contribution in [-0.2, 0) is 11.2 Å². The Bertz CT molecular complexity index is 418. The van der Waals surface area contributed by atoms with Crippen LogP contribution in [0, 0.1) is 5.92 Å². The van der Waals surface area contributed by atoms with Crippen LogP contribution in [0.4, 0.5) is 0 Å². The van der Waals surface area contributed by atoms with Crippen LogP contribution in [-0.4, -0.2) is 37.5 Å². The number of nitrogens with zero attached hydrogens (tertiary/aromatic N) is 1. The fourth-order valence-corrected chi connectivity index (χ4v) is 2.93. The summed E-state index contributed by atoms with van der Waals surface area (Å²) in [5.41, 5.74) is 1.39. The summed E-state index contributed by atoms with van der Waals surface area (Å²) in [5, 5.41) is 3.36. The molecule has 1 unspecified atom stereocenters. The van der Waals surface area contributed by atoms with Crippen molar-refractivity contribution < 1.29 is 4.79 Å². The van der Waals surface area contributed by atoms with Crippen molar-refractivity contribution in [3.63, 3.8) is 0 Å². The van der Waals surface area contributed by atoms with Crippen molar-refractivity contribution in [2.75, 3.05) is 26.7 Å². The summed E-state index contributed by atoms with van der Waals surface area (Å²) in [4.78, 5) is 14.0. The zero-order valence-corrected chi connectivity index (χ0v) is 14.4. The predicted molar refractivity (Wildman–Crippen MR) is 94.5 cm³/mol. The molecule has 0 saturated carbocycles. The van der Waals surface area contributed by atoms with E-state index in [1.165, 1.54) is 12.0 Å². The van der Waals surface area contributed by atoms with E-state index in [1.807, 2.05) is 11.9 Å². The zero-order chi connectivity index (χ0) is 14.9. The second kappa shape index (κ2) is 10.6. The third kappa shape index (κ3) is 6.80. The number of aryl methyl sites for hydroxylation is 1. The molecule has 1 atom stereocenters. The van der Waals surface area contributed by atoms with E-state index < -0.39 is 0 Å². The Kier molecular flexibility index (Phi) is 9.17. The Morgan fingerprint density at radius 2 is 2.05 bits per heavy atom. The molecule has 0 aromatic heterocycles. The van der Waals surface area contributed by atoms with Crippen LogP contribution < -0.4 is 5.32 Å². The number of unbranched alkanes of at least 4 members (excludes halogenated alkanes) is 1. The third-order valence-electron chi connectivity index (χ3n) is 4.41. The molecule has 4 heteroatoms. The molecule has 1 heterocycles. The van der Waals surface area contributed by atoms with Gasteiger partial charge in [-0.15, -0.1) is 12.4 Å². The van der Waals surface area contributed by atoms with E-state index in [0.29, 0.717) is 18.2 Å². The number of benzene rings is 1. The summed E-state index contributed by atoms with van der Waals surface area (Å²) in [6.07, 6.45) is 6.32. The first-order valence-electron chi connectivity index (χ1n) is 8.24. The van der Waals surface area contributed by atoms with Crippen molar-refractivity contribution in [3.05, 3.63) is 35.9 Å². The number of nitrogens with one attached hydrogen (secondary N) is 1. The molecular formula is C18H29ClN2O. The lowest BCUT2D eigenvalue weighted by molar-refractivity contribution is -0.130. The molecule has 1 aromatic carbocycles. The maximum absolute atomic E-state index is 12.1. The maximum Gasteiger partial charge on any atom is 0.222 e. The fraction of sp³-hybridized carbons (Fsp3) is 0.611. The molecule has 2 rings (SSSR count). The van der Waals surface area contributed by atoms with Gasteiger partial charge in [0.1, 0.15) is 0 Å². The van der Waals surface area contributed by atoms with Gasteiger partial charge in [0.2, 0.25) is 5.91 Å². The minimum atomic E-state index is 0. The normalized spacial score (nSPS) is 17.0. The number of carbonyl (C=O) groups is 1. The van der Waals surface area contributed by atoms with Crippen LogP contribution >= 0.6 is 12.4 Å². The molecule has 22 heavy (non-hydrogen) atoms. The van der Waals surface area contributed by atoms with E-state index >= 15 is 0 Å². The molecule has 124 valence electrons. The van der Waals surface area contributed by atoms with Crippen molar-refractivity contribution in [2.45, 2.75) is 38.5 Å². The van der Waals surface area contributed by atoms with Crippen LogP contribution in [0.3, 0.4) is 0 Å². The second-order valence-corrected chi connectivity index (χ2v) is 6.16. The molecule has 1 aliphatic heterocycles. The van der Waals surface area contributed by atoms with E-state index in [9.17, 15) is 4.79 Å². The summed E-state index contributed by atoms with van der Waals surface area (Å²) >= 11 is 0. The van der Waals surface area contributed by atoms with Crippen molar-refractivity contribution in [3.8, 4) is 0 Å². The number of hydrogen-bond donors (Lipinski definition) is 1. The molecule has 0 spiro atoms. The second-order valence-electron chi connectivity index (χ2n) is 6.16. The number of halogens is 1. The predicted octanol–water partition coefficient (Wildman–Crippen LogP) is 3.28. The highest BCUT2D eigenvalue weighted by atomic mass is 35.5. The Labute approximate surface area is 140 Å². The largest absolute Gasteiger partial charge is 0.346 e. The molecule has 3 nitrogen and oxygen atoms in total. The summed E-state index contributed by atoms with van der Waals surface area (Å²) in [6.45, 7) is 3.09. The SMILES string of the molecule is CN(CCCCc1ccccc1)C(=O)CCC1CCNC1.Cl. The molecule has 0 aliphatic carbocycles. The highest BCUT2D eigenvalue weighted by molar-refractivity contribution is 5.85. The van der Waals surface area contributed by atoms with E-state index in [2.05, 4.69) is 35.6 Å². The first-order valence-corrected chi connectivity index (χ1v) is 8.24. The Hall–Kier alpha value is -1.06. The average Bonchev–Trinajstić information content (AvgIpc) is 3.03. The Morgan fingerprint density at radius 1 is 1.27 bits per heavy atom. The van der Waals surface area contributed by atoms with Gasteiger partial charge in [-0.25, -0.2) is 0 Å². The topological polar surface area (TPSA) is 32.3 Å². The lowest BCUT2D eigenvalue weighted by Gasteiger charge is -2.18. The molecule has 1 saturated heterocycles. The van der Waals surface area contributed by atoms with Gasteiger partial charge in [-0.05, 0) is 56.7 Å². The van der Waals surface area contributed by atoms with Gasteiger partial charge in [0.15, 0.2) is 0 Å². The maximum atomic E-state index is 12.1. The van der Waals surface area contributed by atoms with Gasteiger partial charge in [0.25, 0.3) is 0 Å². The smallest absolute Gasteiger partial charge is 0.222 e. The quantitative estimate of drug-likeness (QED) is 0.744. The summed E-state index contributed by atoms with van der Waals surface area (Å²) in [5.74, 6) is 1.02. The number of carbonyl (C=O) groups excluding carboxylic acids is 1. The van der Waals surface area contributed by atoms with Crippen LogP contribution in [0.1, 0.15) is 37.7 Å². The van der Waals surface area contributed by atoms with Crippen molar-refractivity contribution in [1.29, 1.82) is 0 Å². The Balaban J connectivity index is 0.00000242. The zero-order valence-electron chi connectivity index (χ0n) is 13.6. The van der Waals surface area contributed by atoms with Crippen molar-refractivity contribution in [2.24, 2.45) is 5.92 Å². The number of rotatable bonds is 8. The molecular weight excluding hydrogens is 296 g/mol. The molecule has 0 bridgehead atoms. The summed E-state index contributed by atoms with van der Waals surface area (Å²) in [7, 11) is 1.94. The number of amides is 1. The average molecular weight is 325 g/mol. The fourth-order valence-electron chi connectivity index (χ4n) is 2.93. The number of hydrogen-bond acceptors (Lipinski definition) is 2. The minimum absolute atomic E-state index is 0. The molecule has 1 N–H and O–H groups in total. The molecule has 1 fully saturated rings. The van der Waals surface area contributed by atoms with Gasteiger partial charge in [-0.1, -0.05) is 30.3 Å². The van der Waals surface area contributed by atoms with Gasteiger partial charge in [-0.2, -0.15) is 0 Å².